The van der Waals surface area contributed by atoms with Gasteiger partial charge in [-0.05, 0) is 38.9 Å². The highest BCUT2D eigenvalue weighted by molar-refractivity contribution is 5.76. The Bertz CT molecular complexity index is 562. The van der Waals surface area contributed by atoms with Crippen LogP contribution in [0.15, 0.2) is 6.07 Å². The zero-order chi connectivity index (χ0) is 17.9. The maximum atomic E-state index is 12.9. The van der Waals surface area contributed by atoms with Gasteiger partial charge in [0.15, 0.2) is 5.69 Å². The molecule has 0 bridgehead atoms. The second-order valence-electron chi connectivity index (χ2n) is 6.34. The van der Waals surface area contributed by atoms with Crippen LogP contribution in [-0.2, 0) is 17.5 Å². The van der Waals surface area contributed by atoms with Crippen LogP contribution in [0.25, 0.3) is 0 Å². The highest BCUT2D eigenvalue weighted by atomic mass is 19.4. The second-order valence-corrected chi connectivity index (χ2v) is 6.34. The number of hydrogen-bond donors (Lipinski definition) is 1. The average Bonchev–Trinajstić information content (AvgIpc) is 3.24. The summed E-state index contributed by atoms with van der Waals surface area (Å²) in [7, 11) is 0. The van der Waals surface area contributed by atoms with Crippen LogP contribution in [-0.4, -0.2) is 46.3 Å². The third kappa shape index (κ3) is 4.96. The molecule has 2 rings (SSSR count). The van der Waals surface area contributed by atoms with E-state index in [0.717, 1.165) is 32.0 Å². The van der Waals surface area contributed by atoms with E-state index in [4.69, 9.17) is 0 Å². The van der Waals surface area contributed by atoms with Gasteiger partial charge in [0, 0.05) is 24.2 Å². The third-order valence-electron chi connectivity index (χ3n) is 4.22. The molecule has 1 aromatic heterocycles. The fraction of sp³-hybridized carbons (Fsp3) is 0.750. The second kappa shape index (κ2) is 7.55. The molecule has 1 N–H and O–H groups in total. The fourth-order valence-electron chi connectivity index (χ4n) is 2.78. The van der Waals surface area contributed by atoms with Crippen molar-refractivity contribution in [2.24, 2.45) is 0 Å². The van der Waals surface area contributed by atoms with Gasteiger partial charge in [-0.1, -0.05) is 13.8 Å². The van der Waals surface area contributed by atoms with Gasteiger partial charge in [-0.25, -0.2) is 0 Å². The molecule has 1 aromatic rings. The molecule has 1 saturated carbocycles. The topological polar surface area (TPSA) is 50.2 Å². The van der Waals surface area contributed by atoms with E-state index in [1.807, 2.05) is 20.8 Å². The van der Waals surface area contributed by atoms with E-state index >= 15 is 0 Å². The molecular weight excluding hydrogens is 321 g/mol. The first-order valence-corrected chi connectivity index (χ1v) is 8.41. The highest BCUT2D eigenvalue weighted by Crippen LogP contribution is 2.42. The zero-order valence-corrected chi connectivity index (χ0v) is 14.4. The van der Waals surface area contributed by atoms with Crippen LogP contribution in [0.1, 0.15) is 50.9 Å². The van der Waals surface area contributed by atoms with Gasteiger partial charge in [-0.15, -0.1) is 0 Å². The van der Waals surface area contributed by atoms with Crippen LogP contribution < -0.4 is 5.32 Å². The maximum Gasteiger partial charge on any atom is 0.435 e. The van der Waals surface area contributed by atoms with Crippen LogP contribution in [0.3, 0.4) is 0 Å². The van der Waals surface area contributed by atoms with Crippen LogP contribution in [0, 0.1) is 0 Å². The average molecular weight is 346 g/mol. The molecule has 0 spiro atoms. The number of nitrogens with zero attached hydrogens (tertiary/aromatic N) is 3. The first-order valence-electron chi connectivity index (χ1n) is 8.41. The minimum absolute atomic E-state index is 0.0700. The summed E-state index contributed by atoms with van der Waals surface area (Å²) >= 11 is 0. The van der Waals surface area contributed by atoms with E-state index in [1.54, 1.807) is 0 Å². The standard InChI is InChI=1S/C16H25F3N4O/c1-4-22(5-2)9-11(3)20-15(24)10-23-13(12-6-7-12)8-14(21-23)16(17,18)19/h8,11-12H,4-7,9-10H2,1-3H3,(H,20,24). The highest BCUT2D eigenvalue weighted by Gasteiger charge is 2.38. The van der Waals surface area contributed by atoms with Crippen molar-refractivity contribution in [3.05, 3.63) is 17.5 Å². The molecule has 0 radical (unpaired) electrons. The van der Waals surface area contributed by atoms with Crippen molar-refractivity contribution in [3.63, 3.8) is 0 Å². The Kier molecular flexibility index (Phi) is 5.90. The normalized spacial score (nSPS) is 16.5. The van der Waals surface area contributed by atoms with Gasteiger partial charge >= 0.3 is 6.18 Å². The number of nitrogens with one attached hydrogen (secondary N) is 1. The molecule has 24 heavy (non-hydrogen) atoms. The van der Waals surface area contributed by atoms with E-state index in [9.17, 15) is 18.0 Å². The molecule has 8 heteroatoms. The van der Waals surface area contributed by atoms with Gasteiger partial charge in [0.2, 0.25) is 5.91 Å². The summed E-state index contributed by atoms with van der Waals surface area (Å²) in [6.07, 6.45) is -2.78. The zero-order valence-electron chi connectivity index (χ0n) is 14.4. The molecule has 0 aliphatic heterocycles. The Hall–Kier alpha value is -1.57. The SMILES string of the molecule is CCN(CC)CC(C)NC(=O)Cn1nc(C(F)(F)F)cc1C1CC1. The monoisotopic (exact) mass is 346 g/mol. The van der Waals surface area contributed by atoms with Gasteiger partial charge < -0.3 is 10.2 Å². The Morgan fingerprint density at radius 3 is 2.54 bits per heavy atom. The number of amides is 1. The van der Waals surface area contributed by atoms with E-state index < -0.39 is 11.9 Å². The minimum atomic E-state index is -4.48. The number of hydrogen-bond acceptors (Lipinski definition) is 3. The third-order valence-corrected chi connectivity index (χ3v) is 4.22. The summed E-state index contributed by atoms with van der Waals surface area (Å²) in [5.74, 6) is -0.220. The minimum Gasteiger partial charge on any atom is -0.351 e. The Labute approximate surface area is 140 Å². The Balaban J connectivity index is 1.99. The first kappa shape index (κ1) is 18.8. The van der Waals surface area contributed by atoms with Crippen molar-refractivity contribution in [3.8, 4) is 0 Å². The number of aromatic nitrogens is 2. The van der Waals surface area contributed by atoms with Gasteiger partial charge in [0.25, 0.3) is 0 Å². The number of alkyl halides is 3. The number of carbonyl (C=O) groups excluding carboxylic acids is 1. The maximum absolute atomic E-state index is 12.9. The summed E-state index contributed by atoms with van der Waals surface area (Å²) < 4.78 is 39.8. The predicted molar refractivity (Wildman–Crippen MR) is 84.6 cm³/mol. The van der Waals surface area contributed by atoms with Gasteiger partial charge in [-0.3, -0.25) is 9.48 Å². The molecule has 1 atom stereocenters. The largest absolute Gasteiger partial charge is 0.435 e. The van der Waals surface area contributed by atoms with E-state index in [0.29, 0.717) is 12.2 Å². The molecule has 1 aliphatic rings. The molecule has 136 valence electrons. The van der Waals surface area contributed by atoms with Crippen LogP contribution in [0.5, 0.6) is 0 Å². The van der Waals surface area contributed by atoms with Crippen molar-refractivity contribution in [2.75, 3.05) is 19.6 Å². The predicted octanol–water partition coefficient (Wildman–Crippen LogP) is 2.63. The van der Waals surface area contributed by atoms with Crippen molar-refractivity contribution in [1.29, 1.82) is 0 Å². The number of halogens is 3. The van der Waals surface area contributed by atoms with Gasteiger partial charge in [-0.2, -0.15) is 18.3 Å². The van der Waals surface area contributed by atoms with Crippen molar-refractivity contribution >= 4 is 5.91 Å². The quantitative estimate of drug-likeness (QED) is 0.787. The summed E-state index contributed by atoms with van der Waals surface area (Å²) in [5, 5.41) is 6.44. The molecule has 1 amide bonds. The molecule has 1 heterocycles. The van der Waals surface area contributed by atoms with E-state index in [2.05, 4.69) is 15.3 Å². The van der Waals surface area contributed by atoms with Crippen molar-refractivity contribution in [2.45, 2.75) is 58.3 Å². The molecule has 1 aliphatic carbocycles. The molecule has 0 aromatic carbocycles. The number of likely N-dealkylation sites (N-methyl/N-ethyl adjacent to an activating group) is 1. The Morgan fingerprint density at radius 1 is 1.42 bits per heavy atom. The Morgan fingerprint density at radius 2 is 2.04 bits per heavy atom. The summed E-state index contributed by atoms with van der Waals surface area (Å²) in [5.41, 5.74) is -0.415. The molecule has 5 nitrogen and oxygen atoms in total. The lowest BCUT2D eigenvalue weighted by Crippen LogP contribution is -2.43. The lowest BCUT2D eigenvalue weighted by molar-refractivity contribution is -0.141. The van der Waals surface area contributed by atoms with Crippen LogP contribution in [0.4, 0.5) is 13.2 Å². The fourth-order valence-corrected chi connectivity index (χ4v) is 2.78. The van der Waals surface area contributed by atoms with Gasteiger partial charge in [0.1, 0.15) is 6.54 Å². The molecule has 0 saturated heterocycles. The lowest BCUT2D eigenvalue weighted by atomic mass is 10.2. The van der Waals surface area contributed by atoms with Crippen molar-refractivity contribution < 1.29 is 18.0 Å². The molecule has 1 fully saturated rings. The smallest absolute Gasteiger partial charge is 0.351 e. The first-order chi connectivity index (χ1) is 11.2. The van der Waals surface area contributed by atoms with Crippen LogP contribution in [0.2, 0.25) is 0 Å². The van der Waals surface area contributed by atoms with E-state index in [-0.39, 0.29) is 24.4 Å². The molecular formula is C16H25F3N4O. The number of carbonyl (C=O) groups is 1. The number of rotatable bonds is 8. The van der Waals surface area contributed by atoms with Gasteiger partial charge in [0.05, 0.1) is 0 Å². The lowest BCUT2D eigenvalue weighted by Gasteiger charge is -2.23. The van der Waals surface area contributed by atoms with Crippen molar-refractivity contribution in [1.82, 2.24) is 20.0 Å². The summed E-state index contributed by atoms with van der Waals surface area (Å²) in [4.78, 5) is 14.3. The molecule has 1 unspecified atom stereocenters. The van der Waals surface area contributed by atoms with Crippen LogP contribution >= 0.6 is 0 Å². The summed E-state index contributed by atoms with van der Waals surface area (Å²) in [6, 6.07) is 1.00. The summed E-state index contributed by atoms with van der Waals surface area (Å²) in [6.45, 7) is 8.28. The van der Waals surface area contributed by atoms with E-state index in [1.165, 1.54) is 4.68 Å².